The third-order valence-corrected chi connectivity index (χ3v) is 11.6. The highest BCUT2D eigenvalue weighted by molar-refractivity contribution is 6.11. The van der Waals surface area contributed by atoms with Crippen LogP contribution in [0.1, 0.15) is 18.2 Å². The fraction of sp³-hybridized carbons (Fsp3) is 0.0182. The summed E-state index contributed by atoms with van der Waals surface area (Å²) in [6.07, 6.45) is 6.28. The number of fused-ring (bicyclic) bond motifs is 9. The van der Waals surface area contributed by atoms with Gasteiger partial charge in [-0.15, -0.1) is 0 Å². The third kappa shape index (κ3) is 5.53. The number of benzene rings is 8. The number of anilines is 3. The molecule has 10 aromatic rings. The van der Waals surface area contributed by atoms with Gasteiger partial charge in [-0.25, -0.2) is 0 Å². The Morgan fingerprint density at radius 2 is 0.983 bits per heavy atom. The number of para-hydroxylation sites is 5. The van der Waals surface area contributed by atoms with Crippen LogP contribution in [0.2, 0.25) is 0 Å². The van der Waals surface area contributed by atoms with Crippen molar-refractivity contribution in [2.75, 3.05) is 4.90 Å². The van der Waals surface area contributed by atoms with E-state index in [2.05, 4.69) is 216 Å². The molecule has 0 saturated heterocycles. The van der Waals surface area contributed by atoms with Gasteiger partial charge < -0.3 is 18.8 Å². The van der Waals surface area contributed by atoms with E-state index in [-0.39, 0.29) is 0 Å². The van der Waals surface area contributed by atoms with Crippen LogP contribution in [0.4, 0.5) is 17.1 Å². The number of nitrogens with zero attached hydrogens (tertiary/aromatic N) is 3. The van der Waals surface area contributed by atoms with Crippen molar-refractivity contribution in [1.29, 1.82) is 0 Å². The first kappa shape index (κ1) is 34.4. The topological polar surface area (TPSA) is 22.3 Å². The number of aromatic nitrogens is 2. The van der Waals surface area contributed by atoms with E-state index in [1.54, 1.807) is 0 Å². The first-order chi connectivity index (χ1) is 29.2. The summed E-state index contributed by atoms with van der Waals surface area (Å²) < 4.78 is 11.3. The molecule has 0 aliphatic carbocycles. The van der Waals surface area contributed by atoms with Gasteiger partial charge in [-0.2, -0.15) is 0 Å². The Labute approximate surface area is 343 Å². The maximum atomic E-state index is 6.59. The molecular formula is C55H39N3O. The van der Waals surface area contributed by atoms with Crippen LogP contribution in [-0.4, -0.2) is 9.13 Å². The molecule has 3 heterocycles. The van der Waals surface area contributed by atoms with Gasteiger partial charge in [0.2, 0.25) is 0 Å². The van der Waals surface area contributed by atoms with Crippen molar-refractivity contribution >= 4 is 61.9 Å². The second-order valence-electron chi connectivity index (χ2n) is 14.9. The fourth-order valence-electron chi connectivity index (χ4n) is 9.06. The minimum absolute atomic E-state index is 0.841. The Balaban J connectivity index is 1.19. The summed E-state index contributed by atoms with van der Waals surface area (Å²) >= 11 is 0. The second kappa shape index (κ2) is 14.0. The van der Waals surface area contributed by atoms with Gasteiger partial charge in [0.15, 0.2) is 0 Å². The monoisotopic (exact) mass is 757 g/mol. The zero-order chi connectivity index (χ0) is 39.5. The lowest BCUT2D eigenvalue weighted by atomic mass is 9.93. The van der Waals surface area contributed by atoms with Crippen LogP contribution in [0.15, 0.2) is 201 Å². The zero-order valence-electron chi connectivity index (χ0n) is 32.6. The molecule has 11 rings (SSSR count). The molecule has 1 aliphatic rings. The van der Waals surface area contributed by atoms with Gasteiger partial charge in [0.25, 0.3) is 0 Å². The van der Waals surface area contributed by atoms with Crippen molar-refractivity contribution < 1.29 is 4.74 Å². The summed E-state index contributed by atoms with van der Waals surface area (Å²) in [5, 5.41) is 3.52. The van der Waals surface area contributed by atoms with E-state index in [1.165, 1.54) is 16.3 Å². The molecule has 1 aliphatic heterocycles. The number of allylic oxidation sites excluding steroid dienone is 1. The molecule has 0 N–H and O–H groups in total. The molecule has 0 amide bonds. The number of ether oxygens (including phenoxy) is 1. The summed E-state index contributed by atoms with van der Waals surface area (Å²) in [7, 11) is 0. The van der Waals surface area contributed by atoms with E-state index in [0.29, 0.717) is 0 Å². The minimum atomic E-state index is 0.841. The van der Waals surface area contributed by atoms with Crippen LogP contribution in [0.5, 0.6) is 11.5 Å². The maximum absolute atomic E-state index is 6.59. The molecule has 8 aromatic carbocycles. The smallest absolute Gasteiger partial charge is 0.135 e. The first-order valence-corrected chi connectivity index (χ1v) is 20.1. The minimum Gasteiger partial charge on any atom is -0.456 e. The molecule has 0 unspecified atom stereocenters. The summed E-state index contributed by atoms with van der Waals surface area (Å²) in [5.74, 6) is 1.69. The van der Waals surface area contributed by atoms with Gasteiger partial charge >= 0.3 is 0 Å². The molecule has 0 atom stereocenters. The fourth-order valence-corrected chi connectivity index (χ4v) is 9.06. The van der Waals surface area contributed by atoms with E-state index in [4.69, 9.17) is 4.74 Å². The van der Waals surface area contributed by atoms with Crippen LogP contribution >= 0.6 is 0 Å². The summed E-state index contributed by atoms with van der Waals surface area (Å²) in [6, 6.07) is 67.2. The molecule has 4 nitrogen and oxygen atoms in total. The molecule has 2 aromatic heterocycles. The third-order valence-electron chi connectivity index (χ3n) is 11.6. The van der Waals surface area contributed by atoms with E-state index in [0.717, 1.165) is 89.9 Å². The highest BCUT2D eigenvalue weighted by atomic mass is 16.5. The summed E-state index contributed by atoms with van der Waals surface area (Å²) in [6.45, 7) is 6.40. The lowest BCUT2D eigenvalue weighted by Gasteiger charge is -2.27. The largest absolute Gasteiger partial charge is 0.456 e. The predicted molar refractivity (Wildman–Crippen MR) is 248 cm³/mol. The van der Waals surface area contributed by atoms with Gasteiger partial charge in [-0.1, -0.05) is 116 Å². The zero-order valence-corrected chi connectivity index (χ0v) is 32.6. The SMILES string of the molecule is C=Cc1c(/C=C\C)n(-c2ccccc2)c2ccc(N(c3ccc4c(c3)-c3ccccc3Oc3ccccc3-4)c3ccc4c(c3)c3ccccc3n4-c3ccccc3)cc12. The van der Waals surface area contributed by atoms with Crippen molar-refractivity contribution in [2.24, 2.45) is 0 Å². The van der Waals surface area contributed by atoms with Gasteiger partial charge in [0, 0.05) is 61.3 Å². The maximum Gasteiger partial charge on any atom is 0.135 e. The van der Waals surface area contributed by atoms with Crippen molar-refractivity contribution in [2.45, 2.75) is 6.92 Å². The van der Waals surface area contributed by atoms with Crippen molar-refractivity contribution in [3.8, 4) is 45.1 Å². The van der Waals surface area contributed by atoms with Crippen LogP contribution in [-0.2, 0) is 0 Å². The van der Waals surface area contributed by atoms with Crippen molar-refractivity contribution in [3.05, 3.63) is 212 Å². The molecule has 0 spiro atoms. The first-order valence-electron chi connectivity index (χ1n) is 20.1. The summed E-state index contributed by atoms with van der Waals surface area (Å²) in [4.78, 5) is 2.40. The Hall–Kier alpha value is -7.82. The molecule has 0 saturated carbocycles. The van der Waals surface area contributed by atoms with Crippen molar-refractivity contribution in [1.82, 2.24) is 9.13 Å². The average Bonchev–Trinajstić information content (AvgIpc) is 3.74. The van der Waals surface area contributed by atoms with E-state index in [9.17, 15) is 0 Å². The van der Waals surface area contributed by atoms with Crippen LogP contribution in [0, 0.1) is 0 Å². The van der Waals surface area contributed by atoms with Crippen LogP contribution in [0.25, 0.3) is 78.5 Å². The highest BCUT2D eigenvalue weighted by Gasteiger charge is 2.25. The molecule has 0 fully saturated rings. The van der Waals surface area contributed by atoms with Gasteiger partial charge in [0.05, 0.1) is 22.2 Å². The Morgan fingerprint density at radius 3 is 1.66 bits per heavy atom. The van der Waals surface area contributed by atoms with Gasteiger partial charge in [-0.3, -0.25) is 0 Å². The standard InChI is InChI=1S/C55H39N3O/c1-3-17-50-42(4-2)48-35-40(29-32-52(48)57(50)37-18-7-5-8-19-37)56(39-28-31-43-45-23-12-15-26-54(45)59-55-27-16-13-24-46(55)47(43)34-39)41-30-33-53-49(36-41)44-22-11-14-25-51(44)58(53)38-20-9-6-10-21-38/h3-36H,2H2,1H3/b17-3-. The molecular weight excluding hydrogens is 719 g/mol. The highest BCUT2D eigenvalue weighted by Crippen LogP contribution is 2.49. The quantitative estimate of drug-likeness (QED) is 0.162. The van der Waals surface area contributed by atoms with Crippen LogP contribution < -0.4 is 9.64 Å². The lowest BCUT2D eigenvalue weighted by molar-refractivity contribution is 0.488. The van der Waals surface area contributed by atoms with Crippen LogP contribution in [0.3, 0.4) is 0 Å². The van der Waals surface area contributed by atoms with Gasteiger partial charge in [0.1, 0.15) is 11.5 Å². The number of rotatable bonds is 7. The molecule has 4 heteroatoms. The second-order valence-corrected chi connectivity index (χ2v) is 14.9. The van der Waals surface area contributed by atoms with Gasteiger partial charge in [-0.05, 0) is 115 Å². The average molecular weight is 758 g/mol. The lowest BCUT2D eigenvalue weighted by Crippen LogP contribution is -2.10. The van der Waals surface area contributed by atoms with Crippen molar-refractivity contribution in [3.63, 3.8) is 0 Å². The van der Waals surface area contributed by atoms with E-state index >= 15 is 0 Å². The molecule has 59 heavy (non-hydrogen) atoms. The molecule has 0 bridgehead atoms. The Morgan fingerprint density at radius 1 is 0.458 bits per heavy atom. The number of hydrogen-bond donors (Lipinski definition) is 0. The molecule has 280 valence electrons. The summed E-state index contributed by atoms with van der Waals surface area (Å²) in [5.41, 5.74) is 15.4. The predicted octanol–water partition coefficient (Wildman–Crippen LogP) is 15.3. The van der Waals surface area contributed by atoms with E-state index < -0.39 is 0 Å². The normalized spacial score (nSPS) is 11.9. The Bertz CT molecular complexity index is 3280. The molecule has 0 radical (unpaired) electrons. The Kier molecular flexibility index (Phi) is 8.16. The van der Waals surface area contributed by atoms with E-state index in [1.807, 2.05) is 18.2 Å². The number of hydrogen-bond acceptors (Lipinski definition) is 2.